The van der Waals surface area contributed by atoms with Gasteiger partial charge < -0.3 is 15.7 Å². The monoisotopic (exact) mass is 390 g/mol. The van der Waals surface area contributed by atoms with Crippen LogP contribution in [0, 0.1) is 40.4 Å². The Morgan fingerprint density at radius 3 is 2.71 bits per heavy atom. The van der Waals surface area contributed by atoms with E-state index in [4.69, 9.17) is 10.6 Å². The molecule has 28 heavy (non-hydrogen) atoms. The van der Waals surface area contributed by atoms with Gasteiger partial charge in [0.2, 0.25) is 0 Å². The van der Waals surface area contributed by atoms with Crippen molar-refractivity contribution in [2.75, 3.05) is 13.2 Å². The standard InChI is InChI=1S/C23H38N2O3/c1-4-14-18(25-28-12-11-24)8-10-23(3)17-7-9-22(2)16(5-6-20(22)27)15(17)13-19(26)21(14)23/h14-17,19,21,26H,4-13,24H2,1-3H3/b25-18+/t14-,15-,16-,17-,19-,21?,22-,23+/m0/s1. The van der Waals surface area contributed by atoms with Crippen LogP contribution in [0.4, 0.5) is 0 Å². The van der Waals surface area contributed by atoms with Gasteiger partial charge in [0.15, 0.2) is 0 Å². The summed E-state index contributed by atoms with van der Waals surface area (Å²) in [4.78, 5) is 18.0. The molecule has 0 radical (unpaired) electrons. The first-order chi connectivity index (χ1) is 13.4. The van der Waals surface area contributed by atoms with Crippen molar-refractivity contribution in [3.8, 4) is 0 Å². The average molecular weight is 391 g/mol. The molecule has 0 heterocycles. The average Bonchev–Trinajstić information content (AvgIpc) is 2.97. The van der Waals surface area contributed by atoms with Crippen LogP contribution in [-0.2, 0) is 9.63 Å². The molecule has 5 nitrogen and oxygen atoms in total. The largest absolute Gasteiger partial charge is 0.394 e. The lowest BCUT2D eigenvalue weighted by molar-refractivity contribution is -0.161. The Balaban J connectivity index is 1.63. The SMILES string of the molecule is CC[C@H]1/C(=N/OCCN)CC[C@@]2(C)C1[C@@H](O)C[C@@H]1[C@@H]2CC[C@]2(C)C(=O)CC[C@@H]12. The normalized spacial score (nSPS) is 49.5. The molecular formula is C23H38N2O3. The predicted octanol–water partition coefficient (Wildman–Crippen LogP) is 3.54. The van der Waals surface area contributed by atoms with Crippen molar-refractivity contribution in [3.63, 3.8) is 0 Å². The Morgan fingerprint density at radius 2 is 2.00 bits per heavy atom. The molecule has 0 bridgehead atoms. The van der Waals surface area contributed by atoms with Gasteiger partial charge in [-0.15, -0.1) is 0 Å². The minimum atomic E-state index is -0.311. The number of oxime groups is 1. The lowest BCUT2D eigenvalue weighted by atomic mass is 9.43. The molecule has 4 rings (SSSR count). The Morgan fingerprint density at radius 1 is 1.21 bits per heavy atom. The van der Waals surface area contributed by atoms with Crippen molar-refractivity contribution in [3.05, 3.63) is 0 Å². The number of ketones is 1. The predicted molar refractivity (Wildman–Crippen MR) is 110 cm³/mol. The summed E-state index contributed by atoms with van der Waals surface area (Å²) in [6.45, 7) is 7.77. The van der Waals surface area contributed by atoms with E-state index in [1.165, 1.54) is 0 Å². The van der Waals surface area contributed by atoms with E-state index >= 15 is 0 Å². The Bertz CT molecular complexity index is 650. The number of hydrogen-bond acceptors (Lipinski definition) is 5. The van der Waals surface area contributed by atoms with Gasteiger partial charge in [-0.25, -0.2) is 0 Å². The number of aliphatic hydroxyl groups is 1. The number of rotatable bonds is 4. The second kappa shape index (κ2) is 7.39. The highest BCUT2D eigenvalue weighted by atomic mass is 16.6. The molecule has 4 saturated carbocycles. The number of carbonyl (C=O) groups is 1. The first-order valence-electron chi connectivity index (χ1n) is 11.5. The maximum Gasteiger partial charge on any atom is 0.139 e. The van der Waals surface area contributed by atoms with Crippen LogP contribution >= 0.6 is 0 Å². The molecule has 8 atom stereocenters. The fourth-order valence-electron chi connectivity index (χ4n) is 7.97. The summed E-state index contributed by atoms with van der Waals surface area (Å²) >= 11 is 0. The van der Waals surface area contributed by atoms with E-state index < -0.39 is 0 Å². The first-order valence-corrected chi connectivity index (χ1v) is 11.5. The minimum Gasteiger partial charge on any atom is -0.394 e. The lowest BCUT2D eigenvalue weighted by Crippen LogP contribution is -2.60. The van der Waals surface area contributed by atoms with Crippen LogP contribution in [0.5, 0.6) is 0 Å². The second-order valence-corrected chi connectivity index (χ2v) is 10.3. The summed E-state index contributed by atoms with van der Waals surface area (Å²) in [5.74, 6) is 2.57. The van der Waals surface area contributed by atoms with E-state index in [1.807, 2.05) is 0 Å². The summed E-state index contributed by atoms with van der Waals surface area (Å²) in [6, 6.07) is 0. The topological polar surface area (TPSA) is 84.9 Å². The molecule has 0 saturated heterocycles. The van der Waals surface area contributed by atoms with E-state index in [9.17, 15) is 9.90 Å². The van der Waals surface area contributed by atoms with Crippen LogP contribution in [0.3, 0.4) is 0 Å². The molecule has 158 valence electrons. The van der Waals surface area contributed by atoms with Crippen LogP contribution in [0.2, 0.25) is 0 Å². The molecule has 0 aromatic heterocycles. The molecule has 0 amide bonds. The molecule has 1 unspecified atom stereocenters. The maximum atomic E-state index is 12.6. The number of nitrogens with two attached hydrogens (primary N) is 1. The van der Waals surface area contributed by atoms with Crippen LogP contribution in [0.1, 0.15) is 72.1 Å². The molecule has 0 aliphatic heterocycles. The number of hydrogen-bond donors (Lipinski definition) is 2. The zero-order valence-corrected chi connectivity index (χ0v) is 17.8. The fraction of sp³-hybridized carbons (Fsp3) is 0.913. The van der Waals surface area contributed by atoms with Crippen molar-refractivity contribution in [1.29, 1.82) is 0 Å². The lowest BCUT2D eigenvalue weighted by Gasteiger charge is -2.62. The molecule has 4 fully saturated rings. The molecule has 4 aliphatic carbocycles. The zero-order valence-electron chi connectivity index (χ0n) is 17.8. The van der Waals surface area contributed by atoms with E-state index in [2.05, 4.69) is 25.9 Å². The summed E-state index contributed by atoms with van der Waals surface area (Å²) < 4.78 is 0. The minimum absolute atomic E-state index is 0.128. The van der Waals surface area contributed by atoms with Gasteiger partial charge in [-0.1, -0.05) is 25.9 Å². The van der Waals surface area contributed by atoms with E-state index in [0.717, 1.165) is 57.1 Å². The molecule has 0 aromatic carbocycles. The molecule has 3 N–H and O–H groups in total. The van der Waals surface area contributed by atoms with Gasteiger partial charge in [0.25, 0.3) is 0 Å². The van der Waals surface area contributed by atoms with E-state index in [-0.39, 0.29) is 28.8 Å². The molecule has 0 aromatic rings. The Labute approximate surface area is 169 Å². The van der Waals surface area contributed by atoms with Gasteiger partial charge in [0, 0.05) is 24.3 Å². The van der Waals surface area contributed by atoms with Crippen molar-refractivity contribution in [2.24, 2.45) is 51.3 Å². The van der Waals surface area contributed by atoms with Gasteiger partial charge in [-0.2, -0.15) is 0 Å². The van der Waals surface area contributed by atoms with Crippen molar-refractivity contribution in [1.82, 2.24) is 0 Å². The molecule has 0 spiro atoms. The number of fused-ring (bicyclic) bond motifs is 5. The third kappa shape index (κ3) is 2.87. The third-order valence-electron chi connectivity index (χ3n) is 9.29. The Hall–Kier alpha value is -0.940. The number of aliphatic hydroxyl groups excluding tert-OH is 1. The van der Waals surface area contributed by atoms with Gasteiger partial charge in [0.1, 0.15) is 12.4 Å². The van der Waals surface area contributed by atoms with E-state index in [0.29, 0.717) is 36.7 Å². The van der Waals surface area contributed by atoms with Crippen LogP contribution in [0.15, 0.2) is 5.16 Å². The van der Waals surface area contributed by atoms with Gasteiger partial charge in [-0.05, 0) is 74.0 Å². The van der Waals surface area contributed by atoms with Gasteiger partial charge >= 0.3 is 0 Å². The number of carbonyl (C=O) groups excluding carboxylic acids is 1. The van der Waals surface area contributed by atoms with Gasteiger partial charge in [0.05, 0.1) is 11.8 Å². The highest BCUT2D eigenvalue weighted by molar-refractivity contribution is 5.88. The van der Waals surface area contributed by atoms with Crippen LogP contribution < -0.4 is 5.73 Å². The highest BCUT2D eigenvalue weighted by Gasteiger charge is 2.63. The Kier molecular flexibility index (Phi) is 5.37. The number of Topliss-reactive ketones (excluding diaryl/α,β-unsaturated/α-hetero) is 1. The zero-order chi connectivity index (χ0) is 20.1. The molecule has 5 heteroatoms. The van der Waals surface area contributed by atoms with Crippen LogP contribution in [0.25, 0.3) is 0 Å². The fourth-order valence-corrected chi connectivity index (χ4v) is 7.97. The maximum absolute atomic E-state index is 12.6. The summed E-state index contributed by atoms with van der Waals surface area (Å²) in [5.41, 5.74) is 6.65. The smallest absolute Gasteiger partial charge is 0.139 e. The quantitative estimate of drug-likeness (QED) is 0.568. The summed E-state index contributed by atoms with van der Waals surface area (Å²) in [6.07, 6.45) is 7.48. The molecular weight excluding hydrogens is 352 g/mol. The number of nitrogens with zero attached hydrogens (tertiary/aromatic N) is 1. The summed E-state index contributed by atoms with van der Waals surface area (Å²) in [7, 11) is 0. The second-order valence-electron chi connectivity index (χ2n) is 10.3. The third-order valence-corrected chi connectivity index (χ3v) is 9.29. The van der Waals surface area contributed by atoms with E-state index in [1.54, 1.807) is 0 Å². The van der Waals surface area contributed by atoms with Crippen molar-refractivity contribution < 1.29 is 14.7 Å². The summed E-state index contributed by atoms with van der Waals surface area (Å²) in [5, 5.41) is 15.8. The van der Waals surface area contributed by atoms with Crippen molar-refractivity contribution >= 4 is 11.5 Å². The van der Waals surface area contributed by atoms with Gasteiger partial charge in [-0.3, -0.25) is 4.79 Å². The molecule has 4 aliphatic rings. The van der Waals surface area contributed by atoms with Crippen molar-refractivity contribution in [2.45, 2.75) is 78.2 Å². The highest BCUT2D eigenvalue weighted by Crippen LogP contribution is 2.66. The van der Waals surface area contributed by atoms with Crippen LogP contribution in [-0.4, -0.2) is 35.9 Å². The first kappa shape index (κ1) is 20.3.